The van der Waals surface area contributed by atoms with E-state index < -0.39 is 17.2 Å². The molecule has 1 aromatic carbocycles. The summed E-state index contributed by atoms with van der Waals surface area (Å²) in [7, 11) is 0. The highest BCUT2D eigenvalue weighted by atomic mass is 16.6. The molecular weight excluding hydrogens is 496 g/mol. The number of amides is 3. The largest absolute Gasteiger partial charge is 0.491 e. The number of anilines is 2. The summed E-state index contributed by atoms with van der Waals surface area (Å²) in [6.45, 7) is 12.5. The standard InChI is InChI=1S/C29H36N6O4/c1-19-8-11-24(31-15-19)33-26(36)34-25-17-30-16-22(32-25)21-9-10-23(20(2)14-21)38-18-29(6)12-7-13-35(29)27(37)39-28(3,4)5/h8-11,14-17H,7,12-13,18H2,1-6H3,(H2,31,32,33,34,36)/t29-/m0/s1. The molecule has 3 heterocycles. The average molecular weight is 533 g/mol. The van der Waals surface area contributed by atoms with E-state index in [1.807, 2.05) is 65.8 Å². The highest BCUT2D eigenvalue weighted by Crippen LogP contribution is 2.33. The Kier molecular flexibility index (Phi) is 8.03. The Hall–Kier alpha value is -4.21. The molecule has 1 fully saturated rings. The first-order valence-corrected chi connectivity index (χ1v) is 13.0. The summed E-state index contributed by atoms with van der Waals surface area (Å²) in [5.41, 5.74) is 2.36. The number of nitrogens with zero attached hydrogens (tertiary/aromatic N) is 4. The van der Waals surface area contributed by atoms with E-state index in [4.69, 9.17) is 9.47 Å². The van der Waals surface area contributed by atoms with Gasteiger partial charge in [0, 0.05) is 18.3 Å². The van der Waals surface area contributed by atoms with Gasteiger partial charge in [-0.1, -0.05) is 6.07 Å². The van der Waals surface area contributed by atoms with Crippen molar-refractivity contribution < 1.29 is 19.1 Å². The second-order valence-electron chi connectivity index (χ2n) is 11.1. The van der Waals surface area contributed by atoms with E-state index in [0.717, 1.165) is 35.3 Å². The van der Waals surface area contributed by atoms with E-state index in [-0.39, 0.29) is 6.09 Å². The van der Waals surface area contributed by atoms with E-state index in [1.165, 1.54) is 6.20 Å². The van der Waals surface area contributed by atoms with Crippen molar-refractivity contribution in [2.24, 2.45) is 0 Å². The molecule has 0 spiro atoms. The van der Waals surface area contributed by atoms with Gasteiger partial charge in [-0.15, -0.1) is 0 Å². The number of pyridine rings is 1. The number of ether oxygens (including phenoxy) is 2. The number of hydrogen-bond donors (Lipinski definition) is 2. The Morgan fingerprint density at radius 2 is 1.82 bits per heavy atom. The van der Waals surface area contributed by atoms with Gasteiger partial charge in [0.1, 0.15) is 23.8 Å². The summed E-state index contributed by atoms with van der Waals surface area (Å²) in [4.78, 5) is 39.8. The number of likely N-dealkylation sites (tertiary alicyclic amines) is 1. The fraction of sp³-hybridized carbons (Fsp3) is 0.414. The first-order chi connectivity index (χ1) is 18.4. The molecule has 1 atom stereocenters. The quantitative estimate of drug-likeness (QED) is 0.402. The zero-order chi connectivity index (χ0) is 28.2. The van der Waals surface area contributed by atoms with Crippen molar-refractivity contribution in [3.8, 4) is 17.0 Å². The predicted octanol–water partition coefficient (Wildman–Crippen LogP) is 5.97. The minimum absolute atomic E-state index is 0.311. The minimum Gasteiger partial charge on any atom is -0.491 e. The molecule has 10 heteroatoms. The third-order valence-corrected chi connectivity index (χ3v) is 6.40. The van der Waals surface area contributed by atoms with Crippen LogP contribution in [0.3, 0.4) is 0 Å². The number of hydrogen-bond acceptors (Lipinski definition) is 7. The van der Waals surface area contributed by atoms with Crippen LogP contribution in [0.5, 0.6) is 5.75 Å². The van der Waals surface area contributed by atoms with Gasteiger partial charge < -0.3 is 9.47 Å². The van der Waals surface area contributed by atoms with Crippen molar-refractivity contribution in [3.63, 3.8) is 0 Å². The van der Waals surface area contributed by atoms with Gasteiger partial charge in [0.25, 0.3) is 0 Å². The predicted molar refractivity (Wildman–Crippen MR) is 150 cm³/mol. The Morgan fingerprint density at radius 3 is 2.51 bits per heavy atom. The Morgan fingerprint density at radius 1 is 1.05 bits per heavy atom. The number of urea groups is 1. The van der Waals surface area contributed by atoms with Crippen molar-refractivity contribution in [1.82, 2.24) is 19.9 Å². The van der Waals surface area contributed by atoms with Crippen LogP contribution in [0.25, 0.3) is 11.3 Å². The number of carbonyl (C=O) groups excluding carboxylic acids is 2. The van der Waals surface area contributed by atoms with E-state index in [2.05, 4.69) is 25.6 Å². The molecule has 0 saturated carbocycles. The van der Waals surface area contributed by atoms with Gasteiger partial charge in [-0.2, -0.15) is 0 Å². The van der Waals surface area contributed by atoms with Crippen LogP contribution in [0.2, 0.25) is 0 Å². The Balaban J connectivity index is 1.40. The molecule has 4 rings (SSSR count). The summed E-state index contributed by atoms with van der Waals surface area (Å²) in [5, 5.41) is 5.37. The topological polar surface area (TPSA) is 119 Å². The first kappa shape index (κ1) is 27.8. The smallest absolute Gasteiger partial charge is 0.410 e. The van der Waals surface area contributed by atoms with Crippen molar-refractivity contribution in [3.05, 3.63) is 60.0 Å². The van der Waals surface area contributed by atoms with E-state index in [0.29, 0.717) is 30.5 Å². The van der Waals surface area contributed by atoms with Crippen molar-refractivity contribution in [2.45, 2.75) is 65.5 Å². The third-order valence-electron chi connectivity index (χ3n) is 6.40. The molecule has 3 amide bonds. The minimum atomic E-state index is -0.550. The number of aryl methyl sites for hydroxylation is 2. The Bertz CT molecular complexity index is 1340. The fourth-order valence-electron chi connectivity index (χ4n) is 4.38. The van der Waals surface area contributed by atoms with Crippen LogP contribution in [-0.4, -0.2) is 56.3 Å². The monoisotopic (exact) mass is 532 g/mol. The summed E-state index contributed by atoms with van der Waals surface area (Å²) in [6, 6.07) is 8.88. The Labute approximate surface area is 229 Å². The zero-order valence-electron chi connectivity index (χ0n) is 23.4. The van der Waals surface area contributed by atoms with E-state index in [9.17, 15) is 9.59 Å². The maximum Gasteiger partial charge on any atom is 0.410 e. The lowest BCUT2D eigenvalue weighted by Gasteiger charge is -2.36. The molecule has 1 saturated heterocycles. The molecule has 1 aliphatic heterocycles. The number of rotatable bonds is 6. The van der Waals surface area contributed by atoms with Crippen molar-refractivity contribution >= 4 is 23.8 Å². The fourth-order valence-corrected chi connectivity index (χ4v) is 4.38. The molecule has 0 unspecified atom stereocenters. The molecule has 2 aromatic heterocycles. The van der Waals surface area contributed by atoms with Crippen LogP contribution in [0.1, 0.15) is 51.7 Å². The molecule has 206 valence electrons. The van der Waals surface area contributed by atoms with Crippen LogP contribution in [0.4, 0.5) is 21.2 Å². The molecular formula is C29H36N6O4. The van der Waals surface area contributed by atoms with Gasteiger partial charge in [-0.3, -0.25) is 20.5 Å². The molecule has 2 N–H and O–H groups in total. The van der Waals surface area contributed by atoms with Gasteiger partial charge in [-0.05, 0) is 89.8 Å². The molecule has 1 aliphatic rings. The van der Waals surface area contributed by atoms with E-state index >= 15 is 0 Å². The molecule has 39 heavy (non-hydrogen) atoms. The van der Waals surface area contributed by atoms with E-state index in [1.54, 1.807) is 23.4 Å². The summed E-state index contributed by atoms with van der Waals surface area (Å²) in [6.07, 6.45) is 6.23. The number of carbonyl (C=O) groups is 2. The molecule has 10 nitrogen and oxygen atoms in total. The van der Waals surface area contributed by atoms with Gasteiger partial charge in [0.2, 0.25) is 0 Å². The van der Waals surface area contributed by atoms with Crippen LogP contribution < -0.4 is 15.4 Å². The second-order valence-corrected chi connectivity index (χ2v) is 11.1. The van der Waals surface area contributed by atoms with Gasteiger partial charge in [0.15, 0.2) is 5.82 Å². The van der Waals surface area contributed by atoms with Crippen molar-refractivity contribution in [2.75, 3.05) is 23.8 Å². The van der Waals surface area contributed by atoms with Crippen molar-refractivity contribution in [1.29, 1.82) is 0 Å². The maximum atomic E-state index is 12.8. The lowest BCUT2D eigenvalue weighted by molar-refractivity contribution is 0.00236. The normalized spacial score (nSPS) is 17.0. The number of aromatic nitrogens is 3. The highest BCUT2D eigenvalue weighted by Gasteiger charge is 2.42. The zero-order valence-corrected chi connectivity index (χ0v) is 23.4. The molecule has 0 aliphatic carbocycles. The van der Waals surface area contributed by atoms with Gasteiger partial charge in [-0.25, -0.2) is 19.6 Å². The van der Waals surface area contributed by atoms with Crippen LogP contribution in [0, 0.1) is 13.8 Å². The van der Waals surface area contributed by atoms with Crippen LogP contribution >= 0.6 is 0 Å². The lowest BCUT2D eigenvalue weighted by atomic mass is 10.0. The third kappa shape index (κ3) is 7.22. The average Bonchev–Trinajstić information content (AvgIpc) is 3.25. The SMILES string of the molecule is Cc1ccc(NC(=O)Nc2cncc(-c3ccc(OC[C@]4(C)CCCN4C(=O)OC(C)(C)C)c(C)c3)n2)nc1. The first-order valence-electron chi connectivity index (χ1n) is 13.0. The second kappa shape index (κ2) is 11.3. The van der Waals surface area contributed by atoms with Crippen LogP contribution in [-0.2, 0) is 4.74 Å². The van der Waals surface area contributed by atoms with Gasteiger partial charge >= 0.3 is 12.1 Å². The molecule has 0 radical (unpaired) electrons. The number of benzene rings is 1. The summed E-state index contributed by atoms with van der Waals surface area (Å²) in [5.74, 6) is 1.48. The summed E-state index contributed by atoms with van der Waals surface area (Å²) < 4.78 is 11.8. The summed E-state index contributed by atoms with van der Waals surface area (Å²) >= 11 is 0. The molecule has 0 bridgehead atoms. The molecule has 3 aromatic rings. The maximum absolute atomic E-state index is 12.8. The lowest BCUT2D eigenvalue weighted by Crippen LogP contribution is -2.50. The van der Waals surface area contributed by atoms with Gasteiger partial charge in [0.05, 0.1) is 23.6 Å². The van der Waals surface area contributed by atoms with Crippen LogP contribution in [0.15, 0.2) is 48.9 Å². The number of nitrogens with one attached hydrogen (secondary N) is 2. The highest BCUT2D eigenvalue weighted by molar-refractivity contribution is 5.98.